The zero-order chi connectivity index (χ0) is 35.9. The van der Waals surface area contributed by atoms with E-state index in [9.17, 15) is 20.1 Å². The SMILES string of the molecule is CCCCCCC/C=C/CC/C=C/C(O)C(CO)NC(=O)C(O)CCCCCCCCCC/C=C\CCCCCCCCCCCCCC. The van der Waals surface area contributed by atoms with Crippen molar-refractivity contribution in [3.63, 3.8) is 0 Å². The molecule has 0 aliphatic heterocycles. The molecule has 0 aliphatic rings. The van der Waals surface area contributed by atoms with Crippen LogP contribution in [-0.2, 0) is 4.79 Å². The van der Waals surface area contributed by atoms with Crippen molar-refractivity contribution >= 4 is 5.91 Å². The first-order chi connectivity index (χ1) is 24.1. The normalized spacial score (nSPS) is 14.0. The van der Waals surface area contributed by atoms with Gasteiger partial charge in [-0.3, -0.25) is 4.79 Å². The molecule has 5 heteroatoms. The van der Waals surface area contributed by atoms with E-state index in [0.29, 0.717) is 6.42 Å². The fourth-order valence-corrected chi connectivity index (χ4v) is 6.31. The molecule has 0 saturated carbocycles. The predicted molar refractivity (Wildman–Crippen MR) is 213 cm³/mol. The van der Waals surface area contributed by atoms with E-state index in [1.165, 1.54) is 154 Å². The fourth-order valence-electron chi connectivity index (χ4n) is 6.31. The predicted octanol–water partition coefficient (Wildman–Crippen LogP) is 12.0. The molecule has 0 rings (SSSR count). The molecule has 0 aromatic carbocycles. The molecule has 5 nitrogen and oxygen atoms in total. The van der Waals surface area contributed by atoms with Crippen LogP contribution in [0.4, 0.5) is 0 Å². The monoisotopic (exact) mass is 690 g/mol. The molecule has 3 atom stereocenters. The minimum absolute atomic E-state index is 0.377. The van der Waals surface area contributed by atoms with Crippen LogP contribution in [0.15, 0.2) is 36.5 Å². The van der Waals surface area contributed by atoms with Crippen molar-refractivity contribution in [2.45, 2.75) is 231 Å². The molecule has 0 heterocycles. The number of amides is 1. The van der Waals surface area contributed by atoms with Gasteiger partial charge in [-0.2, -0.15) is 0 Å². The van der Waals surface area contributed by atoms with Crippen molar-refractivity contribution in [3.8, 4) is 0 Å². The first-order valence-corrected chi connectivity index (χ1v) is 21.3. The number of carbonyl (C=O) groups is 1. The second kappa shape index (κ2) is 39.4. The Kier molecular flexibility index (Phi) is 38.2. The van der Waals surface area contributed by atoms with Crippen LogP contribution in [0.25, 0.3) is 0 Å². The summed E-state index contributed by atoms with van der Waals surface area (Å²) in [5, 5.41) is 33.0. The van der Waals surface area contributed by atoms with Crippen LogP contribution in [-0.4, -0.2) is 46.1 Å². The van der Waals surface area contributed by atoms with Crippen LogP contribution in [0.5, 0.6) is 0 Å². The molecule has 0 spiro atoms. The highest BCUT2D eigenvalue weighted by Crippen LogP contribution is 2.14. The van der Waals surface area contributed by atoms with Gasteiger partial charge in [0.05, 0.1) is 18.8 Å². The summed E-state index contributed by atoms with van der Waals surface area (Å²) in [7, 11) is 0. The second-order valence-electron chi connectivity index (χ2n) is 14.5. The van der Waals surface area contributed by atoms with E-state index in [2.05, 4.69) is 43.5 Å². The average molecular weight is 690 g/mol. The van der Waals surface area contributed by atoms with E-state index in [4.69, 9.17) is 0 Å². The third-order valence-corrected chi connectivity index (χ3v) is 9.70. The van der Waals surface area contributed by atoms with E-state index in [-0.39, 0.29) is 6.61 Å². The van der Waals surface area contributed by atoms with Gasteiger partial charge in [0.25, 0.3) is 0 Å². The summed E-state index contributed by atoms with van der Waals surface area (Å²) in [4.78, 5) is 12.4. The Labute approximate surface area is 304 Å². The molecule has 0 fully saturated rings. The van der Waals surface area contributed by atoms with E-state index < -0.39 is 24.2 Å². The van der Waals surface area contributed by atoms with Crippen molar-refractivity contribution in [2.24, 2.45) is 0 Å². The lowest BCUT2D eigenvalue weighted by atomic mass is 10.0. The Morgan fingerprint density at radius 1 is 0.490 bits per heavy atom. The summed E-state index contributed by atoms with van der Waals surface area (Å²) in [5.41, 5.74) is 0. The summed E-state index contributed by atoms with van der Waals surface area (Å²) in [6.07, 6.45) is 49.0. The Morgan fingerprint density at radius 2 is 0.837 bits per heavy atom. The molecule has 49 heavy (non-hydrogen) atoms. The molecule has 0 radical (unpaired) electrons. The topological polar surface area (TPSA) is 89.8 Å². The Hall–Kier alpha value is -1.43. The van der Waals surface area contributed by atoms with E-state index in [1.54, 1.807) is 6.08 Å². The second-order valence-corrected chi connectivity index (χ2v) is 14.5. The average Bonchev–Trinajstić information content (AvgIpc) is 3.11. The Bertz CT molecular complexity index is 764. The number of hydrogen-bond donors (Lipinski definition) is 4. The maximum Gasteiger partial charge on any atom is 0.249 e. The zero-order valence-corrected chi connectivity index (χ0v) is 32.6. The van der Waals surface area contributed by atoms with Crippen molar-refractivity contribution in [1.29, 1.82) is 0 Å². The number of nitrogens with one attached hydrogen (secondary N) is 1. The summed E-state index contributed by atoms with van der Waals surface area (Å²) >= 11 is 0. The number of aliphatic hydroxyl groups excluding tert-OH is 3. The number of rotatable bonds is 38. The molecular formula is C44H83NO4. The lowest BCUT2D eigenvalue weighted by Crippen LogP contribution is -2.48. The summed E-state index contributed by atoms with van der Waals surface area (Å²) in [6.45, 7) is 4.14. The first kappa shape index (κ1) is 47.6. The van der Waals surface area contributed by atoms with Gasteiger partial charge in [-0.25, -0.2) is 0 Å². The van der Waals surface area contributed by atoms with Gasteiger partial charge in [0, 0.05) is 0 Å². The zero-order valence-electron chi connectivity index (χ0n) is 32.6. The number of allylic oxidation sites excluding steroid dienone is 5. The smallest absolute Gasteiger partial charge is 0.249 e. The molecule has 4 N–H and O–H groups in total. The summed E-state index contributed by atoms with van der Waals surface area (Å²) in [5.74, 6) is -0.517. The Balaban J connectivity index is 3.64. The fraction of sp³-hybridized carbons (Fsp3) is 0.841. The Morgan fingerprint density at radius 3 is 1.24 bits per heavy atom. The molecule has 1 amide bonds. The molecule has 0 aliphatic carbocycles. The van der Waals surface area contributed by atoms with Crippen LogP contribution in [0.2, 0.25) is 0 Å². The van der Waals surface area contributed by atoms with Crippen molar-refractivity contribution < 1.29 is 20.1 Å². The third kappa shape index (κ3) is 34.8. The molecule has 0 aromatic heterocycles. The van der Waals surface area contributed by atoms with Gasteiger partial charge in [-0.15, -0.1) is 0 Å². The number of aliphatic hydroxyl groups is 3. The molecule has 3 unspecified atom stereocenters. The standard InChI is InChI=1S/C44H83NO4/c1-3-5-7-9-11-13-15-16-17-18-19-20-21-22-23-24-25-26-27-29-31-33-35-37-39-43(48)44(49)45-41(40-46)42(47)38-36-34-32-30-28-14-12-10-8-6-4-2/h22-23,28,30,36,38,41-43,46-48H,3-21,24-27,29,31-35,37,39-40H2,1-2H3,(H,45,49)/b23-22-,30-28+,38-36+. The lowest BCUT2D eigenvalue weighted by molar-refractivity contribution is -0.131. The van der Waals surface area contributed by atoms with E-state index in [1.807, 2.05) is 6.08 Å². The minimum Gasteiger partial charge on any atom is -0.394 e. The van der Waals surface area contributed by atoms with Crippen LogP contribution < -0.4 is 5.32 Å². The summed E-state index contributed by atoms with van der Waals surface area (Å²) in [6, 6.07) is -0.813. The number of unbranched alkanes of at least 4 members (excludes halogenated alkanes) is 26. The number of carbonyl (C=O) groups excluding carboxylic acids is 1. The molecular weight excluding hydrogens is 606 g/mol. The van der Waals surface area contributed by atoms with Gasteiger partial charge < -0.3 is 20.6 Å². The quantitative estimate of drug-likeness (QED) is 0.0384. The van der Waals surface area contributed by atoms with E-state index in [0.717, 1.165) is 38.5 Å². The maximum absolute atomic E-state index is 12.4. The molecule has 288 valence electrons. The molecule has 0 bridgehead atoms. The molecule has 0 saturated heterocycles. The highest BCUT2D eigenvalue weighted by Gasteiger charge is 2.22. The van der Waals surface area contributed by atoms with Gasteiger partial charge in [-0.05, 0) is 57.8 Å². The minimum atomic E-state index is -1.11. The highest BCUT2D eigenvalue weighted by molar-refractivity contribution is 5.80. The van der Waals surface area contributed by atoms with E-state index >= 15 is 0 Å². The van der Waals surface area contributed by atoms with Gasteiger partial charge >= 0.3 is 0 Å². The molecule has 0 aromatic rings. The van der Waals surface area contributed by atoms with Crippen molar-refractivity contribution in [1.82, 2.24) is 5.32 Å². The van der Waals surface area contributed by atoms with Gasteiger partial charge in [0.2, 0.25) is 5.91 Å². The van der Waals surface area contributed by atoms with Crippen LogP contribution in [0.1, 0.15) is 213 Å². The lowest BCUT2D eigenvalue weighted by Gasteiger charge is -2.21. The summed E-state index contributed by atoms with van der Waals surface area (Å²) < 4.78 is 0. The van der Waals surface area contributed by atoms with Crippen molar-refractivity contribution in [3.05, 3.63) is 36.5 Å². The third-order valence-electron chi connectivity index (χ3n) is 9.70. The van der Waals surface area contributed by atoms with Crippen molar-refractivity contribution in [2.75, 3.05) is 6.61 Å². The van der Waals surface area contributed by atoms with Crippen LogP contribution in [0.3, 0.4) is 0 Å². The van der Waals surface area contributed by atoms with Gasteiger partial charge in [0.1, 0.15) is 6.10 Å². The first-order valence-electron chi connectivity index (χ1n) is 21.3. The largest absolute Gasteiger partial charge is 0.394 e. The maximum atomic E-state index is 12.4. The highest BCUT2D eigenvalue weighted by atomic mass is 16.3. The number of hydrogen-bond acceptors (Lipinski definition) is 4. The van der Waals surface area contributed by atoms with Gasteiger partial charge in [-0.1, -0.05) is 192 Å². The van der Waals surface area contributed by atoms with Crippen LogP contribution >= 0.6 is 0 Å². The van der Waals surface area contributed by atoms with Crippen LogP contribution in [0, 0.1) is 0 Å². The van der Waals surface area contributed by atoms with Gasteiger partial charge in [0.15, 0.2) is 0 Å².